The van der Waals surface area contributed by atoms with Gasteiger partial charge in [-0.05, 0) is 50.2 Å². The molecule has 2 rings (SSSR count). The minimum Gasteiger partial charge on any atom is -0.492 e. The normalized spacial score (nSPS) is 10.2. The van der Waals surface area contributed by atoms with Crippen LogP contribution in [0.25, 0.3) is 0 Å². The molecule has 0 spiro atoms. The molecule has 1 amide bonds. The summed E-state index contributed by atoms with van der Waals surface area (Å²) in [6, 6.07) is 14.5. The van der Waals surface area contributed by atoms with Crippen LogP contribution in [0.3, 0.4) is 0 Å². The molecule has 2 aromatic carbocycles. The second-order valence-corrected chi connectivity index (χ2v) is 5.85. The zero-order valence-electron chi connectivity index (χ0n) is 14.8. The molecule has 0 bridgehead atoms. The number of aryl methyl sites for hydroxylation is 1. The molecule has 0 heterocycles. The van der Waals surface area contributed by atoms with E-state index in [1.54, 1.807) is 36.2 Å². The Balaban J connectivity index is 1.72. The minimum absolute atomic E-state index is 0.00376. The number of carbonyl (C=O) groups is 2. The van der Waals surface area contributed by atoms with Gasteiger partial charge in [-0.3, -0.25) is 9.59 Å². The van der Waals surface area contributed by atoms with Gasteiger partial charge in [-0.1, -0.05) is 17.7 Å². The molecule has 0 aliphatic heterocycles. The second kappa shape index (κ2) is 8.87. The van der Waals surface area contributed by atoms with Gasteiger partial charge in [0.2, 0.25) is 0 Å². The number of nitrogens with zero attached hydrogens (tertiary/aromatic N) is 1. The van der Waals surface area contributed by atoms with E-state index in [9.17, 15) is 9.59 Å². The number of hydrogen-bond donors (Lipinski definition) is 0. The van der Waals surface area contributed by atoms with Gasteiger partial charge in [0.25, 0.3) is 5.91 Å². The predicted molar refractivity (Wildman–Crippen MR) is 96.3 cm³/mol. The third-order valence-corrected chi connectivity index (χ3v) is 3.77. The average Bonchev–Trinajstić information content (AvgIpc) is 2.61. The SMILES string of the molecule is CC(=O)c1ccc(OCC(=O)N(C)CCOc2ccc(C)cc2)cc1. The number of ketones is 1. The van der Waals surface area contributed by atoms with E-state index in [4.69, 9.17) is 9.47 Å². The van der Waals surface area contributed by atoms with E-state index in [1.165, 1.54) is 12.5 Å². The highest BCUT2D eigenvalue weighted by Gasteiger charge is 2.10. The van der Waals surface area contributed by atoms with E-state index in [1.807, 2.05) is 31.2 Å². The van der Waals surface area contributed by atoms with Crippen LogP contribution in [0.15, 0.2) is 48.5 Å². The molecule has 5 nitrogen and oxygen atoms in total. The number of ether oxygens (including phenoxy) is 2. The van der Waals surface area contributed by atoms with Gasteiger partial charge < -0.3 is 14.4 Å². The number of carbonyl (C=O) groups excluding carboxylic acids is 2. The zero-order valence-corrected chi connectivity index (χ0v) is 14.8. The Hall–Kier alpha value is -2.82. The molecule has 0 N–H and O–H groups in total. The minimum atomic E-state index is -0.136. The van der Waals surface area contributed by atoms with Crippen LogP contribution in [0, 0.1) is 6.92 Å². The van der Waals surface area contributed by atoms with Crippen molar-refractivity contribution in [2.24, 2.45) is 0 Å². The van der Waals surface area contributed by atoms with Gasteiger partial charge in [0.15, 0.2) is 12.4 Å². The predicted octanol–water partition coefficient (Wildman–Crippen LogP) is 3.11. The smallest absolute Gasteiger partial charge is 0.260 e. The third kappa shape index (κ3) is 5.95. The maximum absolute atomic E-state index is 12.1. The zero-order chi connectivity index (χ0) is 18.2. The van der Waals surface area contributed by atoms with Gasteiger partial charge >= 0.3 is 0 Å². The van der Waals surface area contributed by atoms with Gasteiger partial charge in [-0.15, -0.1) is 0 Å². The number of likely N-dealkylation sites (N-methyl/N-ethyl adjacent to an activating group) is 1. The van der Waals surface area contributed by atoms with E-state index in [0.717, 1.165) is 5.75 Å². The highest BCUT2D eigenvalue weighted by molar-refractivity contribution is 5.94. The highest BCUT2D eigenvalue weighted by Crippen LogP contribution is 2.13. The molecular formula is C20H23NO4. The first-order valence-electron chi connectivity index (χ1n) is 8.13. The summed E-state index contributed by atoms with van der Waals surface area (Å²) < 4.78 is 11.1. The largest absolute Gasteiger partial charge is 0.492 e. The summed E-state index contributed by atoms with van der Waals surface area (Å²) in [7, 11) is 1.71. The molecule has 0 unspecified atom stereocenters. The molecular weight excluding hydrogens is 318 g/mol. The number of hydrogen-bond acceptors (Lipinski definition) is 4. The third-order valence-electron chi connectivity index (χ3n) is 3.77. The Morgan fingerprint density at radius 2 is 1.48 bits per heavy atom. The topological polar surface area (TPSA) is 55.8 Å². The Labute approximate surface area is 148 Å². The van der Waals surface area contributed by atoms with Crippen molar-refractivity contribution in [1.29, 1.82) is 0 Å². The van der Waals surface area contributed by atoms with Gasteiger partial charge in [0, 0.05) is 12.6 Å². The lowest BCUT2D eigenvalue weighted by Gasteiger charge is -2.18. The highest BCUT2D eigenvalue weighted by atomic mass is 16.5. The second-order valence-electron chi connectivity index (χ2n) is 5.85. The lowest BCUT2D eigenvalue weighted by molar-refractivity contribution is -0.132. The van der Waals surface area contributed by atoms with Gasteiger partial charge in [0.1, 0.15) is 18.1 Å². The maximum atomic E-state index is 12.1. The van der Waals surface area contributed by atoms with E-state index >= 15 is 0 Å². The van der Waals surface area contributed by atoms with Crippen LogP contribution in [0.4, 0.5) is 0 Å². The van der Waals surface area contributed by atoms with Crippen LogP contribution in [0.1, 0.15) is 22.8 Å². The standard InChI is InChI=1S/C20H23NO4/c1-15-4-8-18(9-5-15)24-13-12-21(3)20(23)14-25-19-10-6-17(7-11-19)16(2)22/h4-11H,12-14H2,1-3H3. The van der Waals surface area contributed by atoms with Crippen molar-refractivity contribution in [3.05, 3.63) is 59.7 Å². The molecule has 132 valence electrons. The van der Waals surface area contributed by atoms with E-state index in [-0.39, 0.29) is 18.3 Å². The maximum Gasteiger partial charge on any atom is 0.260 e. The Kier molecular flexibility index (Phi) is 6.57. The molecule has 0 saturated heterocycles. The molecule has 5 heteroatoms. The van der Waals surface area contributed by atoms with Crippen molar-refractivity contribution in [2.75, 3.05) is 26.8 Å². The van der Waals surface area contributed by atoms with Crippen LogP contribution in [-0.4, -0.2) is 43.4 Å². The molecule has 2 aromatic rings. The van der Waals surface area contributed by atoms with Crippen molar-refractivity contribution in [2.45, 2.75) is 13.8 Å². The first-order valence-corrected chi connectivity index (χ1v) is 8.13. The lowest BCUT2D eigenvalue weighted by Crippen LogP contribution is -2.34. The quantitative estimate of drug-likeness (QED) is 0.692. The van der Waals surface area contributed by atoms with Crippen molar-refractivity contribution < 1.29 is 19.1 Å². The van der Waals surface area contributed by atoms with E-state index in [0.29, 0.717) is 24.5 Å². The molecule has 0 saturated carbocycles. The Bertz CT molecular complexity index is 707. The number of benzene rings is 2. The number of Topliss-reactive ketones (excluding diaryl/α,β-unsaturated/α-hetero) is 1. The van der Waals surface area contributed by atoms with Crippen LogP contribution in [0.5, 0.6) is 11.5 Å². The fourth-order valence-corrected chi connectivity index (χ4v) is 2.10. The Morgan fingerprint density at radius 3 is 2.08 bits per heavy atom. The fourth-order valence-electron chi connectivity index (χ4n) is 2.10. The number of amides is 1. The molecule has 0 aliphatic rings. The van der Waals surface area contributed by atoms with Crippen molar-refractivity contribution in [3.8, 4) is 11.5 Å². The van der Waals surface area contributed by atoms with Crippen LogP contribution in [-0.2, 0) is 4.79 Å². The molecule has 0 aliphatic carbocycles. The number of rotatable bonds is 8. The lowest BCUT2D eigenvalue weighted by atomic mass is 10.1. The van der Waals surface area contributed by atoms with Crippen LogP contribution < -0.4 is 9.47 Å². The summed E-state index contributed by atoms with van der Waals surface area (Å²) in [6.07, 6.45) is 0. The van der Waals surface area contributed by atoms with Crippen molar-refractivity contribution in [1.82, 2.24) is 4.90 Å². The van der Waals surface area contributed by atoms with E-state index < -0.39 is 0 Å². The fraction of sp³-hybridized carbons (Fsp3) is 0.300. The van der Waals surface area contributed by atoms with E-state index in [2.05, 4.69) is 0 Å². The Morgan fingerprint density at radius 1 is 0.920 bits per heavy atom. The van der Waals surface area contributed by atoms with Gasteiger partial charge in [0.05, 0.1) is 6.54 Å². The molecule has 0 atom stereocenters. The van der Waals surface area contributed by atoms with Crippen molar-refractivity contribution in [3.63, 3.8) is 0 Å². The molecule has 0 fully saturated rings. The van der Waals surface area contributed by atoms with Crippen LogP contribution >= 0.6 is 0 Å². The first kappa shape index (κ1) is 18.5. The average molecular weight is 341 g/mol. The van der Waals surface area contributed by atoms with Gasteiger partial charge in [-0.2, -0.15) is 0 Å². The molecule has 0 radical (unpaired) electrons. The summed E-state index contributed by atoms with van der Waals surface area (Å²) >= 11 is 0. The van der Waals surface area contributed by atoms with Crippen LogP contribution in [0.2, 0.25) is 0 Å². The summed E-state index contributed by atoms with van der Waals surface area (Å²) in [5, 5.41) is 0. The van der Waals surface area contributed by atoms with Gasteiger partial charge in [-0.25, -0.2) is 0 Å². The van der Waals surface area contributed by atoms with Crippen molar-refractivity contribution >= 4 is 11.7 Å². The first-order chi connectivity index (χ1) is 12.0. The molecule has 25 heavy (non-hydrogen) atoms. The summed E-state index contributed by atoms with van der Waals surface area (Å²) in [5.74, 6) is 1.20. The summed E-state index contributed by atoms with van der Waals surface area (Å²) in [4.78, 5) is 24.9. The monoisotopic (exact) mass is 341 g/mol. The summed E-state index contributed by atoms with van der Waals surface area (Å²) in [6.45, 7) is 4.36. The molecule has 0 aromatic heterocycles. The summed E-state index contributed by atoms with van der Waals surface area (Å²) in [5.41, 5.74) is 1.79.